The molecule has 5 aromatic rings. The molecule has 12 bridgehead atoms. The van der Waals surface area contributed by atoms with Crippen molar-refractivity contribution in [3.63, 3.8) is 0 Å². The van der Waals surface area contributed by atoms with Crippen LogP contribution in [0.15, 0.2) is 72.8 Å². The van der Waals surface area contributed by atoms with Gasteiger partial charge < -0.3 is 28.4 Å². The van der Waals surface area contributed by atoms with E-state index in [0.29, 0.717) is 18.2 Å². The van der Waals surface area contributed by atoms with Crippen LogP contribution in [0.2, 0.25) is 0 Å². The van der Waals surface area contributed by atoms with Gasteiger partial charge in [-0.3, -0.25) is 60.7 Å². The zero-order valence-corrected chi connectivity index (χ0v) is 26.0. The second-order valence-electron chi connectivity index (χ2n) is 10.8. The lowest BCUT2D eigenvalue weighted by Crippen LogP contribution is -2.02. The van der Waals surface area contributed by atoms with E-state index in [9.17, 15) is 60.7 Å². The molecule has 24 nitrogen and oxygen atoms in total. The van der Waals surface area contributed by atoms with E-state index in [2.05, 4.69) is 0 Å². The van der Waals surface area contributed by atoms with E-state index in [1.807, 2.05) is 0 Å². The highest BCUT2D eigenvalue weighted by molar-refractivity contribution is 5.67. The Labute approximate surface area is 294 Å². The van der Waals surface area contributed by atoms with Crippen molar-refractivity contribution >= 4 is 34.1 Å². The second kappa shape index (κ2) is 12.6. The number of nitro groups is 6. The molecule has 0 atom stereocenters. The Morgan fingerprint density at radius 1 is 0.259 bits per heavy atom. The van der Waals surface area contributed by atoms with Gasteiger partial charge in [-0.05, 0) is 0 Å². The molecule has 54 heavy (non-hydrogen) atoms. The number of nitro benzene ring substituents is 6. The molecule has 24 heteroatoms. The van der Waals surface area contributed by atoms with E-state index in [-0.39, 0.29) is 0 Å². The van der Waals surface area contributed by atoms with Crippen molar-refractivity contribution in [3.05, 3.63) is 133 Å². The number of nitrogens with zero attached hydrogens (tertiary/aromatic N) is 6. The van der Waals surface area contributed by atoms with Gasteiger partial charge in [-0.2, -0.15) is 0 Å². The summed E-state index contributed by atoms with van der Waals surface area (Å²) in [4.78, 5) is 66.5. The summed E-state index contributed by atoms with van der Waals surface area (Å²) in [6, 6.07) is 9.81. The van der Waals surface area contributed by atoms with Crippen molar-refractivity contribution in [2.24, 2.45) is 0 Å². The first-order chi connectivity index (χ1) is 25.6. The summed E-state index contributed by atoms with van der Waals surface area (Å²) in [5.41, 5.74) is -5.68. The number of ether oxygens (including phenoxy) is 6. The third-order valence-corrected chi connectivity index (χ3v) is 7.38. The van der Waals surface area contributed by atoms with Gasteiger partial charge in [0.05, 0.1) is 29.5 Å². The minimum Gasteiger partial charge on any atom is -0.450 e. The molecule has 8 rings (SSSR count). The number of rotatable bonds is 6. The molecule has 3 heterocycles. The van der Waals surface area contributed by atoms with E-state index in [4.69, 9.17) is 28.4 Å². The molecule has 0 unspecified atom stereocenters. The molecule has 3 aliphatic heterocycles. The highest BCUT2D eigenvalue weighted by atomic mass is 16.7. The summed E-state index contributed by atoms with van der Waals surface area (Å²) >= 11 is 0. The van der Waals surface area contributed by atoms with Gasteiger partial charge >= 0.3 is 34.1 Å². The quantitative estimate of drug-likeness (QED) is 0.114. The largest absolute Gasteiger partial charge is 0.450 e. The Morgan fingerprint density at radius 2 is 0.407 bits per heavy atom. The highest BCUT2D eigenvalue weighted by Crippen LogP contribution is 2.50. The van der Waals surface area contributed by atoms with E-state index in [1.165, 1.54) is 0 Å². The predicted octanol–water partition coefficient (Wildman–Crippen LogP) is 8.52. The van der Waals surface area contributed by atoms with Gasteiger partial charge in [0.25, 0.3) is 0 Å². The average molecular weight is 744 g/mol. The van der Waals surface area contributed by atoms with Crippen LogP contribution in [0.3, 0.4) is 0 Å². The average Bonchev–Trinajstić information content (AvgIpc) is 3.06. The predicted molar refractivity (Wildman–Crippen MR) is 173 cm³/mol. The Hall–Kier alpha value is -8.70. The van der Waals surface area contributed by atoms with Gasteiger partial charge in [-0.25, -0.2) is 0 Å². The summed E-state index contributed by atoms with van der Waals surface area (Å²) in [5.74, 6) is -6.69. The molecule has 0 saturated heterocycles. The van der Waals surface area contributed by atoms with Crippen LogP contribution in [-0.2, 0) is 0 Å². The van der Waals surface area contributed by atoms with Gasteiger partial charge in [0.15, 0.2) is 0 Å². The van der Waals surface area contributed by atoms with Crippen molar-refractivity contribution in [3.8, 4) is 69.0 Å². The van der Waals surface area contributed by atoms with E-state index >= 15 is 0 Å². The molecule has 0 aliphatic carbocycles. The highest BCUT2D eigenvalue weighted by Gasteiger charge is 2.33. The van der Waals surface area contributed by atoms with Gasteiger partial charge in [0.2, 0.25) is 34.5 Å². The smallest absolute Gasteiger partial charge is 0.318 e. The minimum atomic E-state index is -1.01. The van der Waals surface area contributed by atoms with Crippen LogP contribution in [0.25, 0.3) is 0 Å². The van der Waals surface area contributed by atoms with Crippen molar-refractivity contribution in [1.82, 2.24) is 0 Å². The third-order valence-electron chi connectivity index (χ3n) is 7.38. The molecule has 0 amide bonds. The van der Waals surface area contributed by atoms with Gasteiger partial charge in [-0.1, -0.05) is 0 Å². The Balaban J connectivity index is 1.61. The first-order valence-electron chi connectivity index (χ1n) is 14.4. The fourth-order valence-electron chi connectivity index (χ4n) is 5.17. The third kappa shape index (κ3) is 6.25. The molecule has 0 saturated carbocycles. The molecule has 0 spiro atoms. The van der Waals surface area contributed by atoms with Crippen LogP contribution >= 0.6 is 0 Å². The number of hydrogen-bond acceptors (Lipinski definition) is 18. The van der Waals surface area contributed by atoms with Crippen molar-refractivity contribution in [2.45, 2.75) is 0 Å². The Morgan fingerprint density at radius 3 is 0.537 bits per heavy atom. The summed E-state index contributed by atoms with van der Waals surface area (Å²) in [6.07, 6.45) is 0. The molecule has 270 valence electrons. The van der Waals surface area contributed by atoms with Crippen LogP contribution in [0.5, 0.6) is 69.0 Å². The number of hydrogen-bond donors (Lipinski definition) is 0. The molecule has 3 aliphatic rings. The van der Waals surface area contributed by atoms with Crippen molar-refractivity contribution in [2.75, 3.05) is 0 Å². The fourth-order valence-corrected chi connectivity index (χ4v) is 5.17. The van der Waals surface area contributed by atoms with E-state index in [0.717, 1.165) is 54.6 Å². The normalized spacial score (nSPS) is 12.0. The summed E-state index contributed by atoms with van der Waals surface area (Å²) in [6.45, 7) is 0. The zero-order valence-electron chi connectivity index (χ0n) is 26.0. The Bertz CT molecular complexity index is 2100. The Kier molecular flexibility index (Phi) is 7.86. The maximum absolute atomic E-state index is 12.1. The van der Waals surface area contributed by atoms with Crippen LogP contribution < -0.4 is 28.4 Å². The lowest BCUT2D eigenvalue weighted by Gasteiger charge is -2.17. The lowest BCUT2D eigenvalue weighted by atomic mass is 10.2. The van der Waals surface area contributed by atoms with Crippen LogP contribution in [0, 0.1) is 60.7 Å². The van der Waals surface area contributed by atoms with Crippen molar-refractivity contribution in [1.29, 1.82) is 0 Å². The van der Waals surface area contributed by atoms with Crippen molar-refractivity contribution < 1.29 is 58.0 Å². The van der Waals surface area contributed by atoms with Crippen LogP contribution in [-0.4, -0.2) is 29.5 Å². The molecule has 0 radical (unpaired) electrons. The lowest BCUT2D eigenvalue weighted by molar-refractivity contribution is -0.395. The van der Waals surface area contributed by atoms with Gasteiger partial charge in [0.1, 0.15) is 52.7 Å². The molecule has 0 aromatic heterocycles. The molecule has 0 fully saturated rings. The maximum atomic E-state index is 12.1. The topological polar surface area (TPSA) is 314 Å². The first kappa shape index (κ1) is 33.8. The van der Waals surface area contributed by atoms with Gasteiger partial charge in [0, 0.05) is 54.6 Å². The van der Waals surface area contributed by atoms with E-state index in [1.54, 1.807) is 0 Å². The number of benzene rings is 5. The van der Waals surface area contributed by atoms with Crippen LogP contribution in [0.4, 0.5) is 34.1 Å². The second-order valence-corrected chi connectivity index (χ2v) is 10.8. The minimum absolute atomic E-state index is 0.448. The summed E-state index contributed by atoms with van der Waals surface area (Å²) in [5, 5.41) is 72.5. The molecular weight excluding hydrogens is 732 g/mol. The SMILES string of the molecule is O=[N+]([O-])c1cc([N+](=O)[O-])c2cc1Oc1cc3cc(c1)Oc1cc(c([N+](=O)[O-])cc1[N+](=O)[O-])Oc1cc(cc(c1)Oc1cc(c([N+](=O)[O-])cc1[N+](=O)[O-])O3)O2. The van der Waals surface area contributed by atoms with Crippen LogP contribution in [0.1, 0.15) is 0 Å². The molecule has 0 N–H and O–H groups in total. The maximum Gasteiger partial charge on any atom is 0.318 e. The molecular formula is C30H12N6O18. The van der Waals surface area contributed by atoms with E-state index < -0.39 is 133 Å². The standard InChI is InChI=1S/C30H12N6O18/c37-31(38)19-7-21(33(41)42)27-10-25(19)49-13-1-14-3-15(2-13)51-29-12-30(24(36(47)48)9-23(29)35(45)46)54-18-5-16(52-27)4-17(6-18)53-28-11-26(50-14)20(32(39)40)8-22(28)34(43)44/h1-12H. The summed E-state index contributed by atoms with van der Waals surface area (Å²) < 4.78 is 34.6. The monoisotopic (exact) mass is 744 g/mol. The zero-order chi connectivity index (χ0) is 38.6. The summed E-state index contributed by atoms with van der Waals surface area (Å²) in [7, 11) is 0. The first-order valence-corrected chi connectivity index (χ1v) is 14.4. The van der Waals surface area contributed by atoms with Gasteiger partial charge in [-0.15, -0.1) is 0 Å². The molecule has 5 aromatic carbocycles. The fraction of sp³-hybridized carbons (Fsp3) is 0.